The van der Waals surface area contributed by atoms with Crippen LogP contribution in [-0.2, 0) is 0 Å². The molecule has 0 aromatic rings. The Labute approximate surface area is 45.5 Å². The molecule has 2 N–H and O–H groups in total. The van der Waals surface area contributed by atoms with Crippen molar-refractivity contribution in [2.24, 2.45) is 4.99 Å². The fourth-order valence-electron chi connectivity index (χ4n) is 0.376. The van der Waals surface area contributed by atoms with Crippen molar-refractivity contribution in [3.63, 3.8) is 0 Å². The molecule has 1 heterocycles. The van der Waals surface area contributed by atoms with E-state index in [0.717, 1.165) is 6.20 Å². The SMILES string of the molecule is O[C@@H]1N=CNC=C1F. The van der Waals surface area contributed by atoms with Crippen molar-refractivity contribution in [3.8, 4) is 0 Å². The number of nitrogens with one attached hydrogen (secondary N) is 1. The number of hydrogen-bond acceptors (Lipinski definition) is 3. The smallest absolute Gasteiger partial charge is 0.201 e. The highest BCUT2D eigenvalue weighted by Crippen LogP contribution is 2.04. The van der Waals surface area contributed by atoms with E-state index >= 15 is 0 Å². The number of aliphatic imine (C=N–C) groups is 1. The van der Waals surface area contributed by atoms with Gasteiger partial charge in [0.05, 0.1) is 6.34 Å². The Morgan fingerprint density at radius 1 is 1.88 bits per heavy atom. The zero-order valence-corrected chi connectivity index (χ0v) is 4.00. The van der Waals surface area contributed by atoms with Gasteiger partial charge < -0.3 is 10.4 Å². The van der Waals surface area contributed by atoms with Crippen molar-refractivity contribution in [1.29, 1.82) is 0 Å². The highest BCUT2D eigenvalue weighted by Gasteiger charge is 2.08. The molecule has 0 amide bonds. The van der Waals surface area contributed by atoms with Crippen LogP contribution in [0.25, 0.3) is 0 Å². The van der Waals surface area contributed by atoms with Gasteiger partial charge in [-0.25, -0.2) is 9.38 Å². The standard InChI is InChI=1S/C4H5FN2O/c5-3-1-6-2-7-4(3)8/h1-2,4,8H,(H,6,7)/t4-/m0/s1. The molecule has 44 valence electrons. The maximum atomic E-state index is 12.0. The minimum Gasteiger partial charge on any atom is -0.366 e. The Hall–Kier alpha value is -0.900. The lowest BCUT2D eigenvalue weighted by atomic mass is 10.5. The first kappa shape index (κ1) is 5.24. The first-order chi connectivity index (χ1) is 3.80. The van der Waals surface area contributed by atoms with Crippen molar-refractivity contribution < 1.29 is 9.50 Å². The fourth-order valence-corrected chi connectivity index (χ4v) is 0.376. The van der Waals surface area contributed by atoms with E-state index in [1.807, 2.05) is 0 Å². The van der Waals surface area contributed by atoms with Gasteiger partial charge in [-0.15, -0.1) is 0 Å². The molecule has 3 nitrogen and oxygen atoms in total. The van der Waals surface area contributed by atoms with Crippen molar-refractivity contribution in [2.45, 2.75) is 6.23 Å². The summed E-state index contributed by atoms with van der Waals surface area (Å²) < 4.78 is 12.0. The van der Waals surface area contributed by atoms with Crippen molar-refractivity contribution in [2.75, 3.05) is 0 Å². The van der Waals surface area contributed by atoms with Gasteiger partial charge in [0.1, 0.15) is 0 Å². The van der Waals surface area contributed by atoms with E-state index in [1.165, 1.54) is 6.34 Å². The Bertz CT molecular complexity index is 143. The molecule has 0 fully saturated rings. The average molecular weight is 116 g/mol. The minimum absolute atomic E-state index is 0.660. The van der Waals surface area contributed by atoms with Gasteiger partial charge in [-0.3, -0.25) is 0 Å². The maximum Gasteiger partial charge on any atom is 0.201 e. The van der Waals surface area contributed by atoms with Gasteiger partial charge in [0.25, 0.3) is 0 Å². The molecule has 0 saturated carbocycles. The molecule has 0 saturated heterocycles. The van der Waals surface area contributed by atoms with Crippen LogP contribution in [0.15, 0.2) is 17.0 Å². The molecule has 0 radical (unpaired) electrons. The zero-order valence-electron chi connectivity index (χ0n) is 4.00. The average Bonchev–Trinajstić information content (AvgIpc) is 1.77. The van der Waals surface area contributed by atoms with E-state index in [0.29, 0.717) is 0 Å². The highest BCUT2D eigenvalue weighted by molar-refractivity contribution is 5.57. The molecule has 8 heavy (non-hydrogen) atoms. The van der Waals surface area contributed by atoms with E-state index < -0.39 is 12.1 Å². The molecule has 0 unspecified atom stereocenters. The van der Waals surface area contributed by atoms with E-state index in [1.54, 1.807) is 0 Å². The summed E-state index contributed by atoms with van der Waals surface area (Å²) in [7, 11) is 0. The number of aliphatic hydroxyl groups is 1. The summed E-state index contributed by atoms with van der Waals surface area (Å²) in [5, 5.41) is 10.9. The first-order valence-electron chi connectivity index (χ1n) is 2.12. The third-order valence-electron chi connectivity index (χ3n) is 0.758. The number of halogens is 1. The zero-order chi connectivity index (χ0) is 5.98. The van der Waals surface area contributed by atoms with Crippen LogP contribution in [0, 0.1) is 0 Å². The number of aliphatic hydroxyl groups excluding tert-OH is 1. The lowest BCUT2D eigenvalue weighted by Gasteiger charge is -2.05. The van der Waals surface area contributed by atoms with Crippen LogP contribution in [-0.4, -0.2) is 17.7 Å². The van der Waals surface area contributed by atoms with E-state index in [9.17, 15) is 4.39 Å². The molecule has 1 atom stereocenters. The molecule has 1 aliphatic rings. The van der Waals surface area contributed by atoms with Gasteiger partial charge in [-0.1, -0.05) is 0 Å². The molecule has 0 aromatic carbocycles. The van der Waals surface area contributed by atoms with Gasteiger partial charge in [-0.05, 0) is 0 Å². The fraction of sp³-hybridized carbons (Fsp3) is 0.250. The Morgan fingerprint density at radius 2 is 2.62 bits per heavy atom. The summed E-state index contributed by atoms with van der Waals surface area (Å²) >= 11 is 0. The lowest BCUT2D eigenvalue weighted by Crippen LogP contribution is -2.16. The summed E-state index contributed by atoms with van der Waals surface area (Å²) in [4.78, 5) is 3.29. The summed E-state index contributed by atoms with van der Waals surface area (Å²) in [6.07, 6.45) is 0.988. The summed E-state index contributed by atoms with van der Waals surface area (Å²) in [6, 6.07) is 0. The molecule has 0 bridgehead atoms. The maximum absolute atomic E-state index is 12.0. The van der Waals surface area contributed by atoms with Crippen molar-refractivity contribution >= 4 is 6.34 Å². The topological polar surface area (TPSA) is 44.6 Å². The molecule has 4 heteroatoms. The van der Waals surface area contributed by atoms with Gasteiger partial charge in [0.2, 0.25) is 6.23 Å². The molecule has 1 rings (SSSR count). The van der Waals surface area contributed by atoms with Gasteiger partial charge >= 0.3 is 0 Å². The van der Waals surface area contributed by atoms with Crippen molar-refractivity contribution in [3.05, 3.63) is 12.0 Å². The Balaban J connectivity index is 2.63. The summed E-state index contributed by atoms with van der Waals surface area (Å²) in [6.45, 7) is 0. The largest absolute Gasteiger partial charge is 0.366 e. The summed E-state index contributed by atoms with van der Waals surface area (Å²) in [5.74, 6) is -0.660. The normalized spacial score (nSPS) is 26.8. The quantitative estimate of drug-likeness (QED) is 0.458. The van der Waals surface area contributed by atoms with Crippen LogP contribution in [0.1, 0.15) is 0 Å². The third kappa shape index (κ3) is 0.840. The lowest BCUT2D eigenvalue weighted by molar-refractivity contribution is 0.189. The Kier molecular flexibility index (Phi) is 1.26. The number of rotatable bonds is 0. The second-order valence-corrected chi connectivity index (χ2v) is 1.35. The second kappa shape index (κ2) is 1.92. The first-order valence-corrected chi connectivity index (χ1v) is 2.12. The molecule has 0 aromatic heterocycles. The summed E-state index contributed by atoms with van der Waals surface area (Å²) in [5.41, 5.74) is 0. The molecule has 0 aliphatic carbocycles. The van der Waals surface area contributed by atoms with E-state index in [-0.39, 0.29) is 0 Å². The van der Waals surface area contributed by atoms with Gasteiger partial charge in [0.15, 0.2) is 5.83 Å². The third-order valence-corrected chi connectivity index (χ3v) is 0.758. The van der Waals surface area contributed by atoms with E-state index in [2.05, 4.69) is 10.3 Å². The second-order valence-electron chi connectivity index (χ2n) is 1.35. The van der Waals surface area contributed by atoms with Crippen LogP contribution in [0.3, 0.4) is 0 Å². The molecular weight excluding hydrogens is 111 g/mol. The minimum atomic E-state index is -1.30. The predicted molar refractivity (Wildman–Crippen MR) is 26.8 cm³/mol. The van der Waals surface area contributed by atoms with Crippen LogP contribution in [0.2, 0.25) is 0 Å². The van der Waals surface area contributed by atoms with Crippen LogP contribution in [0.5, 0.6) is 0 Å². The Morgan fingerprint density at radius 3 is 3.00 bits per heavy atom. The van der Waals surface area contributed by atoms with Crippen LogP contribution >= 0.6 is 0 Å². The predicted octanol–water partition coefficient (Wildman–Crippen LogP) is -0.253. The van der Waals surface area contributed by atoms with Gasteiger partial charge in [0, 0.05) is 6.20 Å². The van der Waals surface area contributed by atoms with E-state index in [4.69, 9.17) is 5.11 Å². The van der Waals surface area contributed by atoms with Crippen LogP contribution in [0.4, 0.5) is 4.39 Å². The van der Waals surface area contributed by atoms with Crippen LogP contribution < -0.4 is 5.32 Å². The molecule has 0 spiro atoms. The monoisotopic (exact) mass is 116 g/mol. The number of hydrogen-bond donors (Lipinski definition) is 2. The van der Waals surface area contributed by atoms with Gasteiger partial charge in [-0.2, -0.15) is 0 Å². The number of nitrogens with zero attached hydrogens (tertiary/aromatic N) is 1. The van der Waals surface area contributed by atoms with Crippen molar-refractivity contribution in [1.82, 2.24) is 5.32 Å². The highest BCUT2D eigenvalue weighted by atomic mass is 19.1. The molecule has 1 aliphatic heterocycles. The molecular formula is C4H5FN2O.